The Hall–Kier alpha value is -8.22. The first-order chi connectivity index (χ1) is 71.8. The highest BCUT2D eigenvalue weighted by Gasteiger charge is 2.54. The van der Waals surface area contributed by atoms with Crippen LogP contribution in [0, 0.1) is 35.5 Å². The summed E-state index contributed by atoms with van der Waals surface area (Å²) in [6.07, 6.45) is 40.8. The van der Waals surface area contributed by atoms with Crippen LogP contribution in [0.3, 0.4) is 0 Å². The highest BCUT2D eigenvalue weighted by molar-refractivity contribution is 7.26. The lowest BCUT2D eigenvalue weighted by Crippen LogP contribution is -2.34. The second-order valence-electron chi connectivity index (χ2n) is 42.4. The molecule has 6 atom stereocenters. The first-order valence-electron chi connectivity index (χ1n) is 57.2. The van der Waals surface area contributed by atoms with Gasteiger partial charge in [-0.3, -0.25) is 28.8 Å². The van der Waals surface area contributed by atoms with Gasteiger partial charge in [-0.25, -0.2) is 0 Å². The second-order valence-corrected chi connectivity index (χ2v) is 51.6. The Morgan fingerprint density at radius 1 is 0.211 bits per heavy atom. The maximum absolute atomic E-state index is 16.0. The Labute approximate surface area is 916 Å². The fourth-order valence-electron chi connectivity index (χ4n) is 23.0. The first kappa shape index (κ1) is 111. The molecule has 1 aromatic carbocycles. The van der Waals surface area contributed by atoms with Crippen LogP contribution < -0.4 is 0 Å². The third kappa shape index (κ3) is 24.5. The van der Waals surface area contributed by atoms with Gasteiger partial charge in [0.1, 0.15) is 0 Å². The number of carbonyl (C=O) groups excluding carboxylic acids is 6. The number of aryl methyl sites for hydroxylation is 3. The van der Waals surface area contributed by atoms with Gasteiger partial charge in [-0.2, -0.15) is 0 Å². The molecule has 6 amide bonds. The van der Waals surface area contributed by atoms with Gasteiger partial charge < -0.3 is 29.4 Å². The molecular formula is C126H162N6O6S9. The number of hydrogen-bond acceptors (Lipinski definition) is 15. The van der Waals surface area contributed by atoms with Crippen LogP contribution in [0.2, 0.25) is 0 Å². The lowest BCUT2D eigenvalue weighted by atomic mass is 9.95. The molecule has 12 nitrogen and oxygen atoms in total. The van der Waals surface area contributed by atoms with E-state index in [2.05, 4.69) is 229 Å². The van der Waals surface area contributed by atoms with Crippen LogP contribution in [0.15, 0.2) is 159 Å². The largest absolute Gasteiger partial charge is 0.306 e. The van der Waals surface area contributed by atoms with Gasteiger partial charge >= 0.3 is 0 Å². The van der Waals surface area contributed by atoms with E-state index in [0.717, 1.165) is 328 Å². The fraction of sp³-hybridized carbons (Fsp3) is 0.524. The summed E-state index contributed by atoms with van der Waals surface area (Å²) in [5.74, 6) is 1.37. The van der Waals surface area contributed by atoms with E-state index in [1.165, 1.54) is 62.6 Å². The minimum atomic E-state index is -0.0502. The summed E-state index contributed by atoms with van der Waals surface area (Å²) in [4.78, 5) is 125. The van der Waals surface area contributed by atoms with Crippen LogP contribution in [0.25, 0.3) is 94.8 Å². The highest BCUT2D eigenvalue weighted by Crippen LogP contribution is 2.58. The van der Waals surface area contributed by atoms with Crippen molar-refractivity contribution in [3.05, 3.63) is 205 Å². The van der Waals surface area contributed by atoms with E-state index in [9.17, 15) is 0 Å². The number of benzene rings is 1. The SMILES string of the molecule is CCCCCCc1cc(-c2ccc(C3=C4C(=O)N(CC(CC)CCCC)C(c5cccs5)=C4C(=O)N3CC(CC)CCCC)s2)sc1-c1cc(-c2sc(-c3ccc(C4=C5C(=O)N(CC(CC)CCCC)C(c6cccs6)=C5C(=O)N4CC(CC)CCCC)s3)cc2CCCCCC)cc(-c2sc(-c3ccc(C4=C5C(=O)N(CC(CC)CCCC)C(c6cccs6)=C5C(=O)N4CC(CC)CCCC)s3)cc2CCCCCC)c1. The Kier molecular flexibility index (Phi) is 40.4. The predicted octanol–water partition coefficient (Wildman–Crippen LogP) is 37.3. The first-order valence-corrected chi connectivity index (χ1v) is 64.7. The van der Waals surface area contributed by atoms with Crippen LogP contribution in [0.4, 0.5) is 0 Å². The highest BCUT2D eigenvalue weighted by atomic mass is 32.1. The number of hydrogen-bond donors (Lipinski definition) is 0. The Morgan fingerprint density at radius 3 is 0.605 bits per heavy atom. The van der Waals surface area contributed by atoms with Crippen molar-refractivity contribution in [1.82, 2.24) is 29.4 Å². The Balaban J connectivity index is 0.887. The van der Waals surface area contributed by atoms with Gasteiger partial charge in [0.15, 0.2) is 0 Å². The van der Waals surface area contributed by atoms with Gasteiger partial charge in [0.25, 0.3) is 35.4 Å². The van der Waals surface area contributed by atoms with E-state index in [0.29, 0.717) is 90.5 Å². The minimum Gasteiger partial charge on any atom is -0.306 e. The molecule has 0 fully saturated rings. The number of carbonyl (C=O) groups is 6. The third-order valence-electron chi connectivity index (χ3n) is 32.0. The molecule has 147 heavy (non-hydrogen) atoms. The topological polar surface area (TPSA) is 122 Å². The Bertz CT molecular complexity index is 5760. The zero-order valence-electron chi connectivity index (χ0n) is 90.7. The van der Waals surface area contributed by atoms with Crippen LogP contribution in [-0.4, -0.2) is 104 Å². The van der Waals surface area contributed by atoms with Gasteiger partial charge in [0, 0.05) is 83.2 Å². The summed E-state index contributed by atoms with van der Waals surface area (Å²) in [5, 5.41) is 6.24. The molecule has 15 heterocycles. The fourth-order valence-corrected chi connectivity index (χ4v) is 32.4. The van der Waals surface area contributed by atoms with E-state index in [1.807, 2.05) is 63.4 Å². The van der Waals surface area contributed by atoms with Crippen LogP contribution >= 0.6 is 102 Å². The van der Waals surface area contributed by atoms with Crippen LogP contribution in [0.1, 0.15) is 381 Å². The molecule has 0 aliphatic carbocycles. The van der Waals surface area contributed by atoms with Crippen molar-refractivity contribution in [2.24, 2.45) is 35.5 Å². The maximum atomic E-state index is 16.0. The van der Waals surface area contributed by atoms with Gasteiger partial charge in [0.05, 0.1) is 96.9 Å². The number of thiophene rings is 9. The van der Waals surface area contributed by atoms with Gasteiger partial charge in [-0.05, 0) is 253 Å². The molecule has 21 heteroatoms. The minimum absolute atomic E-state index is 0.0502. The zero-order valence-corrected chi connectivity index (χ0v) is 98.1. The third-order valence-corrected chi connectivity index (χ3v) is 42.2. The number of unbranched alkanes of at least 4 members (excludes halogenated alkanes) is 15. The Morgan fingerprint density at radius 2 is 0.415 bits per heavy atom. The summed E-state index contributed by atoms with van der Waals surface area (Å²) in [5.41, 5.74) is 15.6. The molecule has 16 rings (SSSR count). The molecule has 0 radical (unpaired) electrons. The predicted molar refractivity (Wildman–Crippen MR) is 634 cm³/mol. The van der Waals surface area contributed by atoms with E-state index >= 15 is 28.8 Å². The standard InChI is InChI=1S/C126H162N6O6S9/c1-16-31-40-43-55-88-73-103(94-61-64-100(142-94)115-109-106(121(133)130(115)79-85(28-13)52-37-22-7)112(97-58-46-67-139-97)127(124(109)136)76-82(25-10)49-34-19-4)145-118(88)91-70-92(119-89(56-44-41-32-17-2)74-104(146-119)95-62-65-101(143-95)116-110-107(122(134)131(116)80-86(29-14)53-38-23-8)113(98-59-47-68-140-98)128(125(110)137)77-83(26-11)50-35-20-5)72-93(71-91)120-90(57-45-42-33-18-3)75-105(147-120)96-63-66-102(144-96)117-111-108(123(135)132(117)81-87(30-15)54-39-24-9)114(99-60-48-69-141-99)129(126(111)138)78-84(27-12)51-36-21-6/h46-48,58-75,82-87H,16-45,49-57,76-81H2,1-15H3. The van der Waals surface area contributed by atoms with Crippen molar-refractivity contribution < 1.29 is 28.8 Å². The van der Waals surface area contributed by atoms with Crippen molar-refractivity contribution in [3.63, 3.8) is 0 Å². The lowest BCUT2D eigenvalue weighted by Gasteiger charge is -2.29. The van der Waals surface area contributed by atoms with E-state index in [-0.39, 0.29) is 53.2 Å². The van der Waals surface area contributed by atoms with Gasteiger partial charge in [0.2, 0.25) is 0 Å². The van der Waals surface area contributed by atoms with Crippen molar-refractivity contribution in [2.45, 2.75) is 354 Å². The van der Waals surface area contributed by atoms with Crippen molar-refractivity contribution in [3.8, 4) is 60.6 Å². The molecule has 9 aromatic heterocycles. The van der Waals surface area contributed by atoms with Gasteiger partial charge in [-0.1, -0.05) is 295 Å². The monoisotopic (exact) mass is 2140 g/mol. The van der Waals surface area contributed by atoms with Crippen LogP contribution in [-0.2, 0) is 48.0 Å². The number of fused-ring (bicyclic) bond motifs is 3. The molecule has 10 aromatic rings. The van der Waals surface area contributed by atoms with Crippen molar-refractivity contribution >= 4 is 172 Å². The van der Waals surface area contributed by atoms with Crippen molar-refractivity contribution in [1.29, 1.82) is 0 Å². The molecule has 786 valence electrons. The molecule has 0 saturated carbocycles. The van der Waals surface area contributed by atoms with Crippen LogP contribution in [0.5, 0.6) is 0 Å². The number of rotatable bonds is 63. The molecule has 0 N–H and O–H groups in total. The number of nitrogens with zero attached hydrogens (tertiary/aromatic N) is 6. The summed E-state index contributed by atoms with van der Waals surface area (Å²) in [6, 6.07) is 41.2. The summed E-state index contributed by atoms with van der Waals surface area (Å²) in [6.45, 7) is 37.3. The molecule has 6 unspecified atom stereocenters. The van der Waals surface area contributed by atoms with Gasteiger partial charge in [-0.15, -0.1) is 102 Å². The second kappa shape index (κ2) is 53.4. The molecule has 0 bridgehead atoms. The quantitative estimate of drug-likeness (QED) is 0.0350. The number of amides is 6. The van der Waals surface area contributed by atoms with E-state index in [1.54, 1.807) is 68.0 Å². The van der Waals surface area contributed by atoms with Crippen molar-refractivity contribution in [2.75, 3.05) is 39.3 Å². The summed E-state index contributed by atoms with van der Waals surface area (Å²) in [7, 11) is 0. The molecule has 6 aliphatic heterocycles. The summed E-state index contributed by atoms with van der Waals surface area (Å²) >= 11 is 15.7. The maximum Gasteiger partial charge on any atom is 0.261 e. The zero-order chi connectivity index (χ0) is 103. The normalized spacial score (nSPS) is 16.3. The lowest BCUT2D eigenvalue weighted by molar-refractivity contribution is -0.124. The summed E-state index contributed by atoms with van der Waals surface area (Å²) < 4.78 is 0. The molecule has 0 saturated heterocycles. The van der Waals surface area contributed by atoms with E-state index < -0.39 is 0 Å². The average Bonchev–Trinajstić information content (AvgIpc) is 1.56. The molecule has 0 spiro atoms. The molecular weight excluding hydrogens is 1980 g/mol. The molecule has 6 aliphatic rings. The smallest absolute Gasteiger partial charge is 0.261 e. The van der Waals surface area contributed by atoms with E-state index in [4.69, 9.17) is 0 Å². The average molecular weight is 2150 g/mol.